The van der Waals surface area contributed by atoms with Crippen LogP contribution in [0.25, 0.3) is 6.08 Å². The highest BCUT2D eigenvalue weighted by atomic mass is 32.2. The Hall–Kier alpha value is -3.06. The number of carboxylic acid groups (broad SMARTS) is 1. The standard InChI is InChI=1S/C19H15NO5S/c1-12-3-2-4-14(9-12)20-18(23)16(26-19(20)24)10-13-5-7-15(8-6-13)25-11-17(21)22/h2-10H,11H2,1H3,(H,21,22)/b16-10-. The molecule has 2 aromatic carbocycles. The van der Waals surface area contributed by atoms with E-state index in [0.29, 0.717) is 21.9 Å². The SMILES string of the molecule is Cc1cccc(N2C(=O)S/C(=C\c3ccc(OCC(=O)O)cc3)C2=O)c1. The van der Waals surface area contributed by atoms with Crippen LogP contribution in [0.4, 0.5) is 10.5 Å². The molecule has 1 N–H and O–H groups in total. The molecule has 0 saturated carbocycles. The van der Waals surface area contributed by atoms with Gasteiger partial charge < -0.3 is 9.84 Å². The van der Waals surface area contributed by atoms with Gasteiger partial charge in [-0.1, -0.05) is 24.3 Å². The second kappa shape index (κ2) is 7.45. The number of hydrogen-bond acceptors (Lipinski definition) is 5. The number of imide groups is 1. The van der Waals surface area contributed by atoms with Crippen LogP contribution in [0.1, 0.15) is 11.1 Å². The molecule has 132 valence electrons. The fourth-order valence-corrected chi connectivity index (χ4v) is 3.26. The topological polar surface area (TPSA) is 83.9 Å². The van der Waals surface area contributed by atoms with Crippen LogP contribution in [-0.4, -0.2) is 28.8 Å². The third-order valence-corrected chi connectivity index (χ3v) is 4.46. The van der Waals surface area contributed by atoms with E-state index in [-0.39, 0.29) is 11.1 Å². The van der Waals surface area contributed by atoms with Gasteiger partial charge in [0, 0.05) is 0 Å². The maximum atomic E-state index is 12.6. The summed E-state index contributed by atoms with van der Waals surface area (Å²) in [5.41, 5.74) is 2.22. The van der Waals surface area contributed by atoms with Gasteiger partial charge in [0.15, 0.2) is 6.61 Å². The summed E-state index contributed by atoms with van der Waals surface area (Å²) in [7, 11) is 0. The van der Waals surface area contributed by atoms with Crippen LogP contribution in [0.5, 0.6) is 5.75 Å². The molecule has 0 aromatic heterocycles. The number of anilines is 1. The first-order valence-corrected chi connectivity index (χ1v) is 8.55. The summed E-state index contributed by atoms with van der Waals surface area (Å²) in [5.74, 6) is -1.01. The number of hydrogen-bond donors (Lipinski definition) is 1. The van der Waals surface area contributed by atoms with Gasteiger partial charge in [-0.15, -0.1) is 0 Å². The lowest BCUT2D eigenvalue weighted by Gasteiger charge is -2.12. The number of carbonyl (C=O) groups is 3. The van der Waals surface area contributed by atoms with E-state index in [9.17, 15) is 14.4 Å². The summed E-state index contributed by atoms with van der Waals surface area (Å²) < 4.78 is 5.06. The van der Waals surface area contributed by atoms with Gasteiger partial charge in [-0.2, -0.15) is 0 Å². The third kappa shape index (κ3) is 3.94. The highest BCUT2D eigenvalue weighted by Crippen LogP contribution is 2.36. The zero-order valence-electron chi connectivity index (χ0n) is 13.8. The fourth-order valence-electron chi connectivity index (χ4n) is 2.41. The van der Waals surface area contributed by atoms with Crippen molar-refractivity contribution in [2.75, 3.05) is 11.5 Å². The Morgan fingerprint density at radius 3 is 2.58 bits per heavy atom. The molecule has 0 unspecified atom stereocenters. The van der Waals surface area contributed by atoms with Crippen molar-refractivity contribution in [1.82, 2.24) is 0 Å². The Kier molecular flexibility index (Phi) is 5.09. The molecular formula is C19H15NO5S. The van der Waals surface area contributed by atoms with Gasteiger partial charge in [0.1, 0.15) is 5.75 Å². The molecule has 0 bridgehead atoms. The van der Waals surface area contributed by atoms with Crippen LogP contribution in [0.15, 0.2) is 53.4 Å². The monoisotopic (exact) mass is 369 g/mol. The lowest BCUT2D eigenvalue weighted by Crippen LogP contribution is -2.27. The Labute approximate surface area is 154 Å². The van der Waals surface area contributed by atoms with E-state index >= 15 is 0 Å². The van der Waals surface area contributed by atoms with Gasteiger partial charge in [-0.3, -0.25) is 9.59 Å². The normalized spacial score (nSPS) is 15.6. The highest BCUT2D eigenvalue weighted by molar-refractivity contribution is 8.19. The number of thioether (sulfide) groups is 1. The largest absolute Gasteiger partial charge is 0.482 e. The summed E-state index contributed by atoms with van der Waals surface area (Å²) in [4.78, 5) is 36.8. The smallest absolute Gasteiger partial charge is 0.341 e. The molecule has 0 atom stereocenters. The molecule has 2 amide bonds. The lowest BCUT2D eigenvalue weighted by molar-refractivity contribution is -0.139. The number of rotatable bonds is 5. The molecule has 1 fully saturated rings. The Morgan fingerprint density at radius 2 is 1.92 bits per heavy atom. The number of amides is 2. The first-order valence-electron chi connectivity index (χ1n) is 7.73. The molecule has 0 aliphatic carbocycles. The molecule has 1 saturated heterocycles. The Bertz CT molecular complexity index is 904. The minimum atomic E-state index is -1.06. The van der Waals surface area contributed by atoms with E-state index in [0.717, 1.165) is 22.2 Å². The van der Waals surface area contributed by atoms with Gasteiger partial charge in [0.2, 0.25) is 0 Å². The van der Waals surface area contributed by atoms with Crippen LogP contribution in [0, 0.1) is 6.92 Å². The van der Waals surface area contributed by atoms with Crippen molar-refractivity contribution in [2.24, 2.45) is 0 Å². The molecule has 6 nitrogen and oxygen atoms in total. The minimum absolute atomic E-state index is 0.329. The van der Waals surface area contributed by atoms with Crippen molar-refractivity contribution in [3.8, 4) is 5.75 Å². The quantitative estimate of drug-likeness (QED) is 0.809. The average Bonchev–Trinajstić information content (AvgIpc) is 2.88. The van der Waals surface area contributed by atoms with E-state index in [2.05, 4.69) is 0 Å². The van der Waals surface area contributed by atoms with Crippen molar-refractivity contribution in [3.63, 3.8) is 0 Å². The van der Waals surface area contributed by atoms with E-state index in [4.69, 9.17) is 9.84 Å². The fraction of sp³-hybridized carbons (Fsp3) is 0.105. The van der Waals surface area contributed by atoms with Gasteiger partial charge in [0.25, 0.3) is 11.1 Å². The van der Waals surface area contributed by atoms with Crippen LogP contribution in [0.2, 0.25) is 0 Å². The van der Waals surface area contributed by atoms with Crippen LogP contribution in [-0.2, 0) is 9.59 Å². The van der Waals surface area contributed by atoms with Crippen molar-refractivity contribution in [1.29, 1.82) is 0 Å². The predicted molar refractivity (Wildman–Crippen MR) is 99.2 cm³/mol. The van der Waals surface area contributed by atoms with Gasteiger partial charge in [-0.05, 0) is 60.2 Å². The molecule has 26 heavy (non-hydrogen) atoms. The molecule has 0 radical (unpaired) electrons. The molecule has 3 rings (SSSR count). The molecule has 1 aliphatic heterocycles. The first-order chi connectivity index (χ1) is 12.4. The van der Waals surface area contributed by atoms with E-state index in [1.54, 1.807) is 48.5 Å². The highest BCUT2D eigenvalue weighted by Gasteiger charge is 2.36. The zero-order chi connectivity index (χ0) is 18.7. The maximum absolute atomic E-state index is 12.6. The van der Waals surface area contributed by atoms with Gasteiger partial charge >= 0.3 is 5.97 Å². The van der Waals surface area contributed by atoms with Crippen molar-refractivity contribution in [2.45, 2.75) is 6.92 Å². The molecule has 7 heteroatoms. The Morgan fingerprint density at radius 1 is 1.19 bits per heavy atom. The summed E-state index contributed by atoms with van der Waals surface area (Å²) in [6.45, 7) is 1.47. The minimum Gasteiger partial charge on any atom is -0.482 e. The first kappa shape index (κ1) is 17.8. The molecule has 2 aromatic rings. The number of carbonyl (C=O) groups excluding carboxylic acids is 2. The molecule has 0 spiro atoms. The molecular weight excluding hydrogens is 354 g/mol. The van der Waals surface area contributed by atoms with E-state index in [1.165, 1.54) is 0 Å². The molecule has 1 aliphatic rings. The zero-order valence-corrected chi connectivity index (χ0v) is 14.7. The number of ether oxygens (including phenoxy) is 1. The summed E-state index contributed by atoms with van der Waals surface area (Å²) in [6.07, 6.45) is 1.63. The molecule has 1 heterocycles. The maximum Gasteiger partial charge on any atom is 0.341 e. The van der Waals surface area contributed by atoms with Crippen LogP contribution in [0.3, 0.4) is 0 Å². The lowest BCUT2D eigenvalue weighted by atomic mass is 10.2. The summed E-state index contributed by atoms with van der Waals surface area (Å²) in [6, 6.07) is 13.8. The number of aryl methyl sites for hydroxylation is 1. The van der Waals surface area contributed by atoms with Gasteiger partial charge in [-0.25, -0.2) is 9.69 Å². The average molecular weight is 369 g/mol. The third-order valence-electron chi connectivity index (χ3n) is 3.59. The van der Waals surface area contributed by atoms with Gasteiger partial charge in [0.05, 0.1) is 10.6 Å². The number of nitrogens with zero attached hydrogens (tertiary/aromatic N) is 1. The van der Waals surface area contributed by atoms with Crippen molar-refractivity contribution in [3.05, 3.63) is 64.6 Å². The van der Waals surface area contributed by atoms with E-state index < -0.39 is 12.6 Å². The van der Waals surface area contributed by atoms with Crippen LogP contribution < -0.4 is 9.64 Å². The van der Waals surface area contributed by atoms with Crippen LogP contribution >= 0.6 is 11.8 Å². The van der Waals surface area contributed by atoms with Crippen molar-refractivity contribution >= 4 is 40.6 Å². The summed E-state index contributed by atoms with van der Waals surface area (Å²) >= 11 is 0.885. The second-order valence-corrected chi connectivity index (χ2v) is 6.60. The number of aliphatic carboxylic acids is 1. The summed E-state index contributed by atoms with van der Waals surface area (Å²) in [5, 5.41) is 8.26. The van der Waals surface area contributed by atoms with Crippen molar-refractivity contribution < 1.29 is 24.2 Å². The second-order valence-electron chi connectivity index (χ2n) is 5.61. The van der Waals surface area contributed by atoms with E-state index in [1.807, 2.05) is 13.0 Å². The number of carboxylic acids is 1. The Balaban J connectivity index is 1.78. The predicted octanol–water partition coefficient (Wildman–Crippen LogP) is 3.70. The number of benzene rings is 2.